The SMILES string of the molecule is CC(N)C(=O)N(Cc1ccccc1[N+](=O)[O-])C1CC1. The summed E-state index contributed by atoms with van der Waals surface area (Å²) in [5.41, 5.74) is 6.23. The monoisotopic (exact) mass is 263 g/mol. The minimum Gasteiger partial charge on any atom is -0.334 e. The highest BCUT2D eigenvalue weighted by Gasteiger charge is 2.34. The first-order valence-corrected chi connectivity index (χ1v) is 6.29. The van der Waals surface area contributed by atoms with E-state index >= 15 is 0 Å². The predicted octanol–water partition coefficient (Wildman–Crippen LogP) is 1.43. The van der Waals surface area contributed by atoms with E-state index in [-0.39, 0.29) is 24.2 Å². The lowest BCUT2D eigenvalue weighted by atomic mass is 10.1. The van der Waals surface area contributed by atoms with E-state index in [0.717, 1.165) is 12.8 Å². The quantitative estimate of drug-likeness (QED) is 0.642. The number of carbonyl (C=O) groups is 1. The van der Waals surface area contributed by atoms with Gasteiger partial charge in [0.2, 0.25) is 5.91 Å². The molecule has 0 spiro atoms. The van der Waals surface area contributed by atoms with Crippen molar-refractivity contribution in [3.05, 3.63) is 39.9 Å². The zero-order valence-corrected chi connectivity index (χ0v) is 10.8. The second-order valence-corrected chi connectivity index (χ2v) is 4.87. The topological polar surface area (TPSA) is 89.5 Å². The van der Waals surface area contributed by atoms with Gasteiger partial charge in [-0.15, -0.1) is 0 Å². The third kappa shape index (κ3) is 3.08. The van der Waals surface area contributed by atoms with Crippen LogP contribution in [-0.4, -0.2) is 27.8 Å². The first kappa shape index (κ1) is 13.5. The lowest BCUT2D eigenvalue weighted by Crippen LogP contribution is -2.42. The number of nitro benzene ring substituents is 1. The van der Waals surface area contributed by atoms with E-state index in [2.05, 4.69) is 0 Å². The fourth-order valence-corrected chi connectivity index (χ4v) is 2.04. The summed E-state index contributed by atoms with van der Waals surface area (Å²) in [6.45, 7) is 1.89. The molecule has 102 valence electrons. The summed E-state index contributed by atoms with van der Waals surface area (Å²) < 4.78 is 0. The third-order valence-electron chi connectivity index (χ3n) is 3.19. The molecule has 0 bridgehead atoms. The maximum Gasteiger partial charge on any atom is 0.274 e. The number of benzene rings is 1. The molecule has 1 amide bonds. The van der Waals surface area contributed by atoms with Crippen LogP contribution >= 0.6 is 0 Å². The van der Waals surface area contributed by atoms with Crippen molar-refractivity contribution in [1.29, 1.82) is 0 Å². The Balaban J connectivity index is 2.22. The smallest absolute Gasteiger partial charge is 0.274 e. The maximum atomic E-state index is 12.0. The highest BCUT2D eigenvalue weighted by Crippen LogP contribution is 2.30. The second-order valence-electron chi connectivity index (χ2n) is 4.87. The van der Waals surface area contributed by atoms with Crippen molar-refractivity contribution < 1.29 is 9.72 Å². The van der Waals surface area contributed by atoms with Gasteiger partial charge in [-0.2, -0.15) is 0 Å². The second kappa shape index (κ2) is 5.36. The van der Waals surface area contributed by atoms with Crippen LogP contribution in [-0.2, 0) is 11.3 Å². The van der Waals surface area contributed by atoms with Gasteiger partial charge in [-0.3, -0.25) is 14.9 Å². The zero-order valence-electron chi connectivity index (χ0n) is 10.8. The molecule has 1 aliphatic carbocycles. The average Bonchev–Trinajstić information content (AvgIpc) is 3.19. The van der Waals surface area contributed by atoms with Gasteiger partial charge in [0.05, 0.1) is 17.5 Å². The molecule has 1 atom stereocenters. The highest BCUT2D eigenvalue weighted by atomic mass is 16.6. The van der Waals surface area contributed by atoms with E-state index in [1.54, 1.807) is 30.0 Å². The van der Waals surface area contributed by atoms with Gasteiger partial charge in [0.25, 0.3) is 5.69 Å². The Morgan fingerprint density at radius 3 is 2.68 bits per heavy atom. The number of hydrogen-bond donors (Lipinski definition) is 1. The van der Waals surface area contributed by atoms with Crippen LogP contribution in [0.15, 0.2) is 24.3 Å². The number of nitro groups is 1. The van der Waals surface area contributed by atoms with Gasteiger partial charge in [-0.1, -0.05) is 18.2 Å². The van der Waals surface area contributed by atoms with E-state index in [0.29, 0.717) is 5.56 Å². The summed E-state index contributed by atoms with van der Waals surface area (Å²) in [7, 11) is 0. The predicted molar refractivity (Wildman–Crippen MR) is 70.3 cm³/mol. The molecular formula is C13H17N3O3. The lowest BCUT2D eigenvalue weighted by molar-refractivity contribution is -0.385. The van der Waals surface area contributed by atoms with Crippen LogP contribution < -0.4 is 5.73 Å². The van der Waals surface area contributed by atoms with Crippen molar-refractivity contribution in [3.8, 4) is 0 Å². The number of nitrogens with two attached hydrogens (primary N) is 1. The molecule has 6 heteroatoms. The molecule has 0 aromatic heterocycles. The Bertz CT molecular complexity index is 498. The minimum atomic E-state index is -0.580. The van der Waals surface area contributed by atoms with E-state index in [1.165, 1.54) is 6.07 Å². The Morgan fingerprint density at radius 2 is 2.16 bits per heavy atom. The molecule has 6 nitrogen and oxygen atoms in total. The molecule has 1 aromatic carbocycles. The maximum absolute atomic E-state index is 12.0. The van der Waals surface area contributed by atoms with Crippen molar-refractivity contribution in [2.45, 2.75) is 38.4 Å². The summed E-state index contributed by atoms with van der Waals surface area (Å²) in [6, 6.07) is 6.10. The number of amides is 1. The Kier molecular flexibility index (Phi) is 3.80. The molecular weight excluding hydrogens is 246 g/mol. The summed E-state index contributed by atoms with van der Waals surface area (Å²) in [5.74, 6) is -0.152. The van der Waals surface area contributed by atoms with Crippen molar-refractivity contribution in [3.63, 3.8) is 0 Å². The van der Waals surface area contributed by atoms with Crippen LogP contribution in [0.1, 0.15) is 25.3 Å². The molecule has 0 saturated heterocycles. The molecule has 19 heavy (non-hydrogen) atoms. The number of rotatable bonds is 5. The Morgan fingerprint density at radius 1 is 1.53 bits per heavy atom. The zero-order chi connectivity index (χ0) is 14.0. The summed E-state index contributed by atoms with van der Waals surface area (Å²) in [5, 5.41) is 11.0. The molecule has 1 aliphatic rings. The molecule has 2 rings (SSSR count). The summed E-state index contributed by atoms with van der Waals surface area (Å²) in [6.07, 6.45) is 1.89. The van der Waals surface area contributed by atoms with Gasteiger partial charge < -0.3 is 10.6 Å². The largest absolute Gasteiger partial charge is 0.334 e. The number of para-hydroxylation sites is 1. The molecule has 1 fully saturated rings. The van der Waals surface area contributed by atoms with Crippen molar-refractivity contribution in [2.75, 3.05) is 0 Å². The van der Waals surface area contributed by atoms with Crippen molar-refractivity contribution in [2.24, 2.45) is 5.73 Å². The van der Waals surface area contributed by atoms with E-state index in [9.17, 15) is 14.9 Å². The van der Waals surface area contributed by atoms with Crippen LogP contribution in [0.2, 0.25) is 0 Å². The first-order valence-electron chi connectivity index (χ1n) is 6.29. The Labute approximate surface area is 111 Å². The lowest BCUT2D eigenvalue weighted by Gasteiger charge is -2.24. The molecule has 2 N–H and O–H groups in total. The van der Waals surface area contributed by atoms with Gasteiger partial charge in [0.15, 0.2) is 0 Å². The standard InChI is InChI=1S/C13H17N3O3/c1-9(14)13(17)15(11-6-7-11)8-10-4-2-3-5-12(10)16(18)19/h2-5,9,11H,6-8,14H2,1H3. The molecule has 1 saturated carbocycles. The van der Waals surface area contributed by atoms with E-state index in [1.807, 2.05) is 0 Å². The molecule has 1 unspecified atom stereocenters. The summed E-state index contributed by atoms with van der Waals surface area (Å²) in [4.78, 5) is 24.3. The van der Waals surface area contributed by atoms with Gasteiger partial charge in [-0.25, -0.2) is 0 Å². The fourth-order valence-electron chi connectivity index (χ4n) is 2.04. The normalized spacial score (nSPS) is 15.9. The van der Waals surface area contributed by atoms with Gasteiger partial charge >= 0.3 is 0 Å². The minimum absolute atomic E-state index is 0.0469. The van der Waals surface area contributed by atoms with Crippen LogP contribution in [0.3, 0.4) is 0 Å². The fraction of sp³-hybridized carbons (Fsp3) is 0.462. The molecule has 0 aliphatic heterocycles. The van der Waals surface area contributed by atoms with Crippen molar-refractivity contribution in [1.82, 2.24) is 4.90 Å². The van der Waals surface area contributed by atoms with Gasteiger partial charge in [0, 0.05) is 17.7 Å². The number of nitrogens with zero attached hydrogens (tertiary/aromatic N) is 2. The van der Waals surface area contributed by atoms with Crippen LogP contribution in [0.5, 0.6) is 0 Å². The summed E-state index contributed by atoms with van der Waals surface area (Å²) >= 11 is 0. The number of hydrogen-bond acceptors (Lipinski definition) is 4. The van der Waals surface area contributed by atoms with Crippen LogP contribution in [0.4, 0.5) is 5.69 Å². The van der Waals surface area contributed by atoms with Gasteiger partial charge in [-0.05, 0) is 19.8 Å². The third-order valence-corrected chi connectivity index (χ3v) is 3.19. The van der Waals surface area contributed by atoms with Gasteiger partial charge in [0.1, 0.15) is 0 Å². The van der Waals surface area contributed by atoms with Crippen molar-refractivity contribution >= 4 is 11.6 Å². The number of carbonyl (C=O) groups excluding carboxylic acids is 1. The van der Waals surface area contributed by atoms with E-state index < -0.39 is 11.0 Å². The van der Waals surface area contributed by atoms with Crippen LogP contribution in [0.25, 0.3) is 0 Å². The molecule has 0 heterocycles. The van der Waals surface area contributed by atoms with Crippen LogP contribution in [0, 0.1) is 10.1 Å². The molecule has 0 radical (unpaired) electrons. The Hall–Kier alpha value is -1.95. The highest BCUT2D eigenvalue weighted by molar-refractivity contribution is 5.81. The average molecular weight is 263 g/mol. The first-order chi connectivity index (χ1) is 9.00. The molecule has 1 aromatic rings. The van der Waals surface area contributed by atoms with E-state index in [4.69, 9.17) is 5.73 Å².